The van der Waals surface area contributed by atoms with Crippen molar-refractivity contribution in [1.29, 1.82) is 0 Å². The average Bonchev–Trinajstić information content (AvgIpc) is 2.62. The van der Waals surface area contributed by atoms with E-state index in [4.69, 9.17) is 0 Å². The molecule has 2 heterocycles. The number of nitrogens with one attached hydrogen (secondary N) is 1. The molecule has 1 aromatic rings. The second kappa shape index (κ2) is 4.75. The lowest BCUT2D eigenvalue weighted by atomic mass is 9.82. The fourth-order valence-corrected chi connectivity index (χ4v) is 3.59. The van der Waals surface area contributed by atoms with E-state index in [1.54, 1.807) is 6.33 Å². The zero-order chi connectivity index (χ0) is 11.6. The molecule has 1 aliphatic heterocycles. The van der Waals surface area contributed by atoms with Crippen molar-refractivity contribution in [3.8, 4) is 0 Å². The van der Waals surface area contributed by atoms with Crippen LogP contribution in [-0.4, -0.2) is 32.3 Å². The number of hydrogen-bond acceptors (Lipinski definition) is 4. The molecule has 16 heavy (non-hydrogen) atoms. The quantitative estimate of drug-likeness (QED) is 0.868. The smallest absolute Gasteiger partial charge is 0.146 e. The van der Waals surface area contributed by atoms with Gasteiger partial charge in [-0.3, -0.25) is 0 Å². The molecule has 0 aliphatic carbocycles. The SMILES string of the molecule is Cn1cnnc1CNC1CSCCC1(C)C. The van der Waals surface area contributed by atoms with Crippen LogP contribution >= 0.6 is 11.8 Å². The summed E-state index contributed by atoms with van der Waals surface area (Å²) < 4.78 is 1.97. The maximum absolute atomic E-state index is 4.09. The van der Waals surface area contributed by atoms with Crippen LogP contribution < -0.4 is 5.32 Å². The summed E-state index contributed by atoms with van der Waals surface area (Å²) in [6, 6.07) is 0.572. The number of thioether (sulfide) groups is 1. The van der Waals surface area contributed by atoms with Crippen LogP contribution in [0.5, 0.6) is 0 Å². The monoisotopic (exact) mass is 240 g/mol. The highest BCUT2D eigenvalue weighted by atomic mass is 32.2. The summed E-state index contributed by atoms with van der Waals surface area (Å²) in [5, 5.41) is 11.6. The van der Waals surface area contributed by atoms with Crippen LogP contribution in [0, 0.1) is 5.41 Å². The molecule has 1 saturated heterocycles. The standard InChI is InChI=1S/C11H20N4S/c1-11(2)4-5-16-7-9(11)12-6-10-14-13-8-15(10)3/h8-9,12H,4-7H2,1-3H3. The maximum atomic E-state index is 4.09. The highest BCUT2D eigenvalue weighted by Gasteiger charge is 2.32. The van der Waals surface area contributed by atoms with Gasteiger partial charge in [0.05, 0.1) is 6.54 Å². The summed E-state index contributed by atoms with van der Waals surface area (Å²) in [4.78, 5) is 0. The first-order valence-corrected chi connectivity index (χ1v) is 6.89. The number of aromatic nitrogens is 3. The van der Waals surface area contributed by atoms with E-state index in [1.807, 2.05) is 23.4 Å². The largest absolute Gasteiger partial charge is 0.320 e. The van der Waals surface area contributed by atoms with Crippen LogP contribution in [-0.2, 0) is 13.6 Å². The summed E-state index contributed by atoms with van der Waals surface area (Å²) in [6.45, 7) is 5.51. The van der Waals surface area contributed by atoms with Crippen molar-refractivity contribution in [3.05, 3.63) is 12.2 Å². The highest BCUT2D eigenvalue weighted by molar-refractivity contribution is 7.99. The van der Waals surface area contributed by atoms with E-state index in [0.29, 0.717) is 11.5 Å². The molecule has 0 spiro atoms. The minimum Gasteiger partial charge on any atom is -0.320 e. The molecule has 90 valence electrons. The van der Waals surface area contributed by atoms with E-state index in [2.05, 4.69) is 29.4 Å². The van der Waals surface area contributed by atoms with E-state index in [0.717, 1.165) is 12.4 Å². The maximum Gasteiger partial charge on any atom is 0.146 e. The molecular weight excluding hydrogens is 220 g/mol. The van der Waals surface area contributed by atoms with Crippen molar-refractivity contribution >= 4 is 11.8 Å². The van der Waals surface area contributed by atoms with E-state index in [-0.39, 0.29) is 0 Å². The van der Waals surface area contributed by atoms with Gasteiger partial charge in [0.25, 0.3) is 0 Å². The van der Waals surface area contributed by atoms with Gasteiger partial charge in [-0.1, -0.05) is 13.8 Å². The van der Waals surface area contributed by atoms with Crippen LogP contribution in [0.25, 0.3) is 0 Å². The molecule has 1 unspecified atom stereocenters. The molecule has 4 nitrogen and oxygen atoms in total. The topological polar surface area (TPSA) is 42.7 Å². The predicted octanol–water partition coefficient (Wildman–Crippen LogP) is 1.44. The Morgan fingerprint density at radius 1 is 1.62 bits per heavy atom. The summed E-state index contributed by atoms with van der Waals surface area (Å²) in [7, 11) is 1.98. The summed E-state index contributed by atoms with van der Waals surface area (Å²) in [6.07, 6.45) is 3.03. The Morgan fingerprint density at radius 2 is 2.44 bits per heavy atom. The minimum absolute atomic E-state index is 0.393. The van der Waals surface area contributed by atoms with E-state index >= 15 is 0 Å². The molecular formula is C11H20N4S. The molecule has 1 N–H and O–H groups in total. The fourth-order valence-electron chi connectivity index (χ4n) is 1.95. The zero-order valence-corrected chi connectivity index (χ0v) is 11.0. The highest BCUT2D eigenvalue weighted by Crippen LogP contribution is 2.34. The first-order valence-electron chi connectivity index (χ1n) is 5.73. The summed E-state index contributed by atoms with van der Waals surface area (Å²) in [5.74, 6) is 3.49. The normalized spacial score (nSPS) is 24.6. The van der Waals surface area contributed by atoms with Gasteiger partial charge in [0.2, 0.25) is 0 Å². The number of rotatable bonds is 3. The van der Waals surface area contributed by atoms with Gasteiger partial charge in [-0.05, 0) is 17.6 Å². The van der Waals surface area contributed by atoms with E-state index in [9.17, 15) is 0 Å². The molecule has 0 amide bonds. The second-order valence-electron chi connectivity index (χ2n) is 5.11. The molecule has 2 rings (SSSR count). The van der Waals surface area contributed by atoms with Gasteiger partial charge in [-0.15, -0.1) is 10.2 Å². The third-order valence-electron chi connectivity index (χ3n) is 3.43. The Labute approximate surface area is 101 Å². The first-order chi connectivity index (χ1) is 7.59. The Hall–Kier alpha value is -0.550. The molecule has 0 bridgehead atoms. The average molecular weight is 240 g/mol. The molecule has 0 aromatic carbocycles. The molecule has 0 radical (unpaired) electrons. The predicted molar refractivity (Wildman–Crippen MR) is 67.4 cm³/mol. The molecule has 1 aromatic heterocycles. The molecule has 0 saturated carbocycles. The summed E-state index contributed by atoms with van der Waals surface area (Å²) >= 11 is 2.04. The minimum atomic E-state index is 0.393. The van der Waals surface area contributed by atoms with Crippen LogP contribution in [0.15, 0.2) is 6.33 Å². The van der Waals surface area contributed by atoms with Gasteiger partial charge < -0.3 is 9.88 Å². The lowest BCUT2D eigenvalue weighted by Gasteiger charge is -2.38. The number of aryl methyl sites for hydroxylation is 1. The van der Waals surface area contributed by atoms with Gasteiger partial charge in [0, 0.05) is 18.8 Å². The summed E-state index contributed by atoms with van der Waals surface area (Å²) in [5.41, 5.74) is 0.393. The Bertz CT molecular complexity index is 348. The number of nitrogens with zero attached hydrogens (tertiary/aromatic N) is 3. The Kier molecular flexibility index (Phi) is 3.54. The van der Waals surface area contributed by atoms with Crippen LogP contribution in [0.2, 0.25) is 0 Å². The lowest BCUT2D eigenvalue weighted by molar-refractivity contribution is 0.243. The van der Waals surface area contributed by atoms with Gasteiger partial charge in [-0.2, -0.15) is 11.8 Å². The molecule has 1 fully saturated rings. The van der Waals surface area contributed by atoms with Crippen LogP contribution in [0.1, 0.15) is 26.1 Å². The van der Waals surface area contributed by atoms with Crippen molar-refractivity contribution in [1.82, 2.24) is 20.1 Å². The molecule has 1 atom stereocenters. The van der Waals surface area contributed by atoms with Crippen LogP contribution in [0.4, 0.5) is 0 Å². The molecule has 1 aliphatic rings. The fraction of sp³-hybridized carbons (Fsp3) is 0.818. The van der Waals surface area contributed by atoms with E-state index in [1.165, 1.54) is 17.9 Å². The van der Waals surface area contributed by atoms with Gasteiger partial charge in [0.15, 0.2) is 0 Å². The van der Waals surface area contributed by atoms with Crippen molar-refractivity contribution in [2.75, 3.05) is 11.5 Å². The number of hydrogen-bond donors (Lipinski definition) is 1. The van der Waals surface area contributed by atoms with Crippen molar-refractivity contribution in [3.63, 3.8) is 0 Å². The van der Waals surface area contributed by atoms with Crippen molar-refractivity contribution in [2.45, 2.75) is 32.9 Å². The van der Waals surface area contributed by atoms with Gasteiger partial charge >= 0.3 is 0 Å². The van der Waals surface area contributed by atoms with Gasteiger partial charge in [0.1, 0.15) is 12.2 Å². The van der Waals surface area contributed by atoms with Crippen LogP contribution in [0.3, 0.4) is 0 Å². The lowest BCUT2D eigenvalue weighted by Crippen LogP contribution is -2.46. The third-order valence-corrected chi connectivity index (χ3v) is 4.49. The molecule has 5 heteroatoms. The van der Waals surface area contributed by atoms with Gasteiger partial charge in [-0.25, -0.2) is 0 Å². The van der Waals surface area contributed by atoms with Crippen molar-refractivity contribution < 1.29 is 0 Å². The Balaban J connectivity index is 1.92. The van der Waals surface area contributed by atoms with Crippen molar-refractivity contribution in [2.24, 2.45) is 12.5 Å². The second-order valence-corrected chi connectivity index (χ2v) is 6.25. The first kappa shape index (κ1) is 11.9. The third kappa shape index (κ3) is 2.58. The zero-order valence-electron chi connectivity index (χ0n) is 10.2. The Morgan fingerprint density at radius 3 is 3.06 bits per heavy atom. The van der Waals surface area contributed by atoms with E-state index < -0.39 is 0 Å².